The SMILES string of the molecule is C=CCOC(=O)NCc1ccc(CBr)cc1. The minimum absolute atomic E-state index is 0.231. The van der Waals surface area contributed by atoms with Crippen molar-refractivity contribution in [3.05, 3.63) is 48.0 Å². The molecule has 86 valence electrons. The number of rotatable bonds is 5. The van der Waals surface area contributed by atoms with Crippen molar-refractivity contribution < 1.29 is 9.53 Å². The summed E-state index contributed by atoms with van der Waals surface area (Å²) in [5.74, 6) is 0. The van der Waals surface area contributed by atoms with E-state index in [1.807, 2.05) is 24.3 Å². The molecular formula is C12H14BrNO2. The lowest BCUT2D eigenvalue weighted by Crippen LogP contribution is -2.23. The molecule has 0 unspecified atom stereocenters. The largest absolute Gasteiger partial charge is 0.445 e. The summed E-state index contributed by atoms with van der Waals surface area (Å²) in [6.07, 6.45) is 1.11. The van der Waals surface area contributed by atoms with Crippen molar-refractivity contribution in [2.75, 3.05) is 6.61 Å². The van der Waals surface area contributed by atoms with E-state index in [4.69, 9.17) is 4.74 Å². The van der Waals surface area contributed by atoms with Crippen LogP contribution in [0.2, 0.25) is 0 Å². The highest BCUT2D eigenvalue weighted by molar-refractivity contribution is 9.08. The lowest BCUT2D eigenvalue weighted by molar-refractivity contribution is 0.158. The molecule has 0 aliphatic heterocycles. The van der Waals surface area contributed by atoms with E-state index in [2.05, 4.69) is 27.8 Å². The predicted octanol–water partition coefficient (Wildman–Crippen LogP) is 2.99. The van der Waals surface area contributed by atoms with Gasteiger partial charge in [-0.15, -0.1) is 0 Å². The first-order valence-corrected chi connectivity index (χ1v) is 6.03. The fourth-order valence-electron chi connectivity index (χ4n) is 1.11. The van der Waals surface area contributed by atoms with Crippen molar-refractivity contribution in [2.24, 2.45) is 0 Å². The van der Waals surface area contributed by atoms with Gasteiger partial charge >= 0.3 is 6.09 Å². The van der Waals surface area contributed by atoms with Crippen LogP contribution >= 0.6 is 15.9 Å². The summed E-state index contributed by atoms with van der Waals surface area (Å²) in [6, 6.07) is 7.98. The van der Waals surface area contributed by atoms with Crippen molar-refractivity contribution in [1.82, 2.24) is 5.32 Å². The number of alkyl halides is 1. The van der Waals surface area contributed by atoms with Gasteiger partial charge in [0.15, 0.2) is 0 Å². The molecule has 1 aromatic carbocycles. The molecule has 0 aliphatic rings. The van der Waals surface area contributed by atoms with Crippen molar-refractivity contribution in [3.8, 4) is 0 Å². The van der Waals surface area contributed by atoms with Gasteiger partial charge in [0.2, 0.25) is 0 Å². The van der Waals surface area contributed by atoms with Gasteiger partial charge in [0.25, 0.3) is 0 Å². The van der Waals surface area contributed by atoms with Crippen LogP contribution in [0.3, 0.4) is 0 Å². The van der Waals surface area contributed by atoms with Crippen LogP contribution in [0.25, 0.3) is 0 Å². The molecule has 0 radical (unpaired) electrons. The van der Waals surface area contributed by atoms with Gasteiger partial charge in [0, 0.05) is 11.9 Å². The van der Waals surface area contributed by atoms with E-state index in [0.717, 1.165) is 10.9 Å². The van der Waals surface area contributed by atoms with E-state index in [-0.39, 0.29) is 6.61 Å². The molecule has 0 atom stereocenters. The standard InChI is InChI=1S/C12H14BrNO2/c1-2-7-16-12(15)14-9-11-5-3-10(8-13)4-6-11/h2-6H,1,7-9H2,(H,14,15). The Balaban J connectivity index is 2.36. The van der Waals surface area contributed by atoms with Gasteiger partial charge in [-0.25, -0.2) is 4.79 Å². The minimum Gasteiger partial charge on any atom is -0.445 e. The lowest BCUT2D eigenvalue weighted by Gasteiger charge is -2.05. The first-order valence-electron chi connectivity index (χ1n) is 4.91. The second-order valence-corrected chi connectivity index (χ2v) is 3.75. The highest BCUT2D eigenvalue weighted by Crippen LogP contribution is 2.07. The Hall–Kier alpha value is -1.29. The van der Waals surface area contributed by atoms with Gasteiger partial charge in [-0.1, -0.05) is 52.9 Å². The maximum Gasteiger partial charge on any atom is 0.407 e. The van der Waals surface area contributed by atoms with Crippen LogP contribution in [0.15, 0.2) is 36.9 Å². The van der Waals surface area contributed by atoms with E-state index in [9.17, 15) is 4.79 Å². The molecule has 1 rings (SSSR count). The number of benzene rings is 1. The second-order valence-electron chi connectivity index (χ2n) is 3.19. The van der Waals surface area contributed by atoms with E-state index in [1.165, 1.54) is 11.6 Å². The Kier molecular flexibility index (Phi) is 5.64. The zero-order chi connectivity index (χ0) is 11.8. The quantitative estimate of drug-likeness (QED) is 0.666. The number of amides is 1. The van der Waals surface area contributed by atoms with Gasteiger partial charge in [0.05, 0.1) is 0 Å². The van der Waals surface area contributed by atoms with Gasteiger partial charge in [-0.05, 0) is 11.1 Å². The van der Waals surface area contributed by atoms with E-state index in [1.54, 1.807) is 0 Å². The molecule has 0 aliphatic carbocycles. The first kappa shape index (κ1) is 12.8. The fraction of sp³-hybridized carbons (Fsp3) is 0.250. The summed E-state index contributed by atoms with van der Waals surface area (Å²) in [4.78, 5) is 11.1. The van der Waals surface area contributed by atoms with E-state index >= 15 is 0 Å². The highest BCUT2D eigenvalue weighted by atomic mass is 79.9. The van der Waals surface area contributed by atoms with E-state index in [0.29, 0.717) is 6.54 Å². The average Bonchev–Trinajstić information content (AvgIpc) is 2.34. The van der Waals surface area contributed by atoms with Crippen LogP contribution in [0.1, 0.15) is 11.1 Å². The third kappa shape index (κ3) is 4.49. The molecule has 0 aromatic heterocycles. The predicted molar refractivity (Wildman–Crippen MR) is 67.5 cm³/mol. The zero-order valence-corrected chi connectivity index (χ0v) is 10.5. The molecule has 0 bridgehead atoms. The molecule has 1 aromatic rings. The molecule has 4 heteroatoms. The average molecular weight is 284 g/mol. The topological polar surface area (TPSA) is 38.3 Å². The molecule has 0 saturated heterocycles. The summed E-state index contributed by atoms with van der Waals surface area (Å²) in [5, 5.41) is 3.49. The Labute approximate surface area is 104 Å². The Morgan fingerprint density at radius 2 is 2.00 bits per heavy atom. The summed E-state index contributed by atoms with van der Waals surface area (Å²) in [5.41, 5.74) is 2.25. The minimum atomic E-state index is -0.426. The van der Waals surface area contributed by atoms with Crippen molar-refractivity contribution in [3.63, 3.8) is 0 Å². The summed E-state index contributed by atoms with van der Waals surface area (Å²) in [6.45, 7) is 4.16. The van der Waals surface area contributed by atoms with Crippen LogP contribution in [-0.2, 0) is 16.6 Å². The number of nitrogens with one attached hydrogen (secondary N) is 1. The Bertz CT molecular complexity index is 349. The highest BCUT2D eigenvalue weighted by Gasteiger charge is 2.00. The maximum absolute atomic E-state index is 11.1. The maximum atomic E-state index is 11.1. The van der Waals surface area contributed by atoms with Crippen molar-refractivity contribution in [1.29, 1.82) is 0 Å². The molecule has 16 heavy (non-hydrogen) atoms. The first-order chi connectivity index (χ1) is 7.76. The number of alkyl carbamates (subject to hydrolysis) is 1. The molecule has 1 N–H and O–H groups in total. The smallest absolute Gasteiger partial charge is 0.407 e. The molecule has 0 saturated carbocycles. The number of carbonyl (C=O) groups excluding carboxylic acids is 1. The normalized spacial score (nSPS) is 9.56. The summed E-state index contributed by atoms with van der Waals surface area (Å²) >= 11 is 3.37. The number of carbonyl (C=O) groups is 1. The molecule has 3 nitrogen and oxygen atoms in total. The monoisotopic (exact) mass is 283 g/mol. The number of halogens is 1. The number of ether oxygens (including phenoxy) is 1. The van der Waals surface area contributed by atoms with Crippen LogP contribution in [0, 0.1) is 0 Å². The lowest BCUT2D eigenvalue weighted by atomic mass is 10.1. The fourth-order valence-corrected chi connectivity index (χ4v) is 1.48. The number of hydrogen-bond acceptors (Lipinski definition) is 2. The molecule has 1 amide bonds. The van der Waals surface area contributed by atoms with Crippen LogP contribution in [0.5, 0.6) is 0 Å². The summed E-state index contributed by atoms with van der Waals surface area (Å²) < 4.78 is 4.78. The molecule has 0 heterocycles. The van der Waals surface area contributed by atoms with Crippen molar-refractivity contribution >= 4 is 22.0 Å². The summed E-state index contributed by atoms with van der Waals surface area (Å²) in [7, 11) is 0. The number of hydrogen-bond donors (Lipinski definition) is 1. The van der Waals surface area contributed by atoms with Crippen LogP contribution < -0.4 is 5.32 Å². The third-order valence-electron chi connectivity index (χ3n) is 1.95. The zero-order valence-electron chi connectivity index (χ0n) is 8.91. The van der Waals surface area contributed by atoms with Crippen LogP contribution in [-0.4, -0.2) is 12.7 Å². The third-order valence-corrected chi connectivity index (χ3v) is 2.59. The van der Waals surface area contributed by atoms with Gasteiger partial charge in [0.1, 0.15) is 6.61 Å². The second kappa shape index (κ2) is 7.06. The van der Waals surface area contributed by atoms with Crippen molar-refractivity contribution in [2.45, 2.75) is 11.9 Å². The van der Waals surface area contributed by atoms with Gasteiger partial charge in [-0.2, -0.15) is 0 Å². The Morgan fingerprint density at radius 3 is 2.56 bits per heavy atom. The van der Waals surface area contributed by atoms with Gasteiger partial charge in [-0.3, -0.25) is 0 Å². The van der Waals surface area contributed by atoms with Gasteiger partial charge < -0.3 is 10.1 Å². The molecular weight excluding hydrogens is 270 g/mol. The van der Waals surface area contributed by atoms with E-state index < -0.39 is 6.09 Å². The Morgan fingerprint density at radius 1 is 1.38 bits per heavy atom. The van der Waals surface area contributed by atoms with Crippen LogP contribution in [0.4, 0.5) is 4.79 Å². The molecule has 0 spiro atoms. The molecule has 0 fully saturated rings.